The molecule has 0 atom stereocenters. The van der Waals surface area contributed by atoms with E-state index in [1.807, 2.05) is 0 Å². The number of rotatable bonds is 2. The second-order valence-corrected chi connectivity index (χ2v) is 4.60. The van der Waals surface area contributed by atoms with Crippen LogP contribution in [0.2, 0.25) is 0 Å². The van der Waals surface area contributed by atoms with Crippen molar-refractivity contribution in [1.29, 1.82) is 0 Å². The van der Waals surface area contributed by atoms with Crippen LogP contribution < -0.4 is 2.81 Å². The Morgan fingerprint density at radius 2 is 1.91 bits per heavy atom. The van der Waals surface area contributed by atoms with Crippen molar-refractivity contribution in [1.82, 2.24) is 0 Å². The first kappa shape index (κ1) is 9.31. The first-order chi connectivity index (χ1) is 5.20. The zero-order valence-corrected chi connectivity index (χ0v) is 9.59. The second kappa shape index (κ2) is 4.30. The van der Waals surface area contributed by atoms with Crippen LogP contribution in [0.4, 0.5) is 0 Å². The van der Waals surface area contributed by atoms with Gasteiger partial charge in [0.15, 0.2) is 0 Å². The van der Waals surface area contributed by atoms with Gasteiger partial charge in [-0.3, -0.25) is 0 Å². The average Bonchev–Trinajstić information content (AvgIpc) is 1.93. The maximum absolute atomic E-state index is 2.27. The summed E-state index contributed by atoms with van der Waals surface area (Å²) in [5, 5.41) is 0. The molecule has 0 saturated heterocycles. The van der Waals surface area contributed by atoms with Crippen LogP contribution in [0.1, 0.15) is 19.4 Å². The van der Waals surface area contributed by atoms with E-state index in [0.29, 0.717) is 0 Å². The minimum absolute atomic E-state index is 0.782. The molecule has 0 amide bonds. The monoisotopic (exact) mass is 156 g/mol. The number of benzene rings is 1. The van der Waals surface area contributed by atoms with Crippen LogP contribution in [0.15, 0.2) is 24.3 Å². The fraction of sp³-hybridized carbons (Fsp3) is 0.400. The summed E-state index contributed by atoms with van der Waals surface area (Å²) in [6, 6.07) is 8.76. The zero-order chi connectivity index (χ0) is 8.27. The SMILES string of the molecule is CC(C)Cc1cccc[c]1[Na]. The van der Waals surface area contributed by atoms with Crippen LogP contribution in [0, 0.1) is 5.92 Å². The summed E-state index contributed by atoms with van der Waals surface area (Å²) >= 11 is 1.18. The van der Waals surface area contributed by atoms with Gasteiger partial charge in [0.1, 0.15) is 0 Å². The van der Waals surface area contributed by atoms with E-state index in [-0.39, 0.29) is 0 Å². The number of hydrogen-bond donors (Lipinski definition) is 0. The van der Waals surface area contributed by atoms with E-state index in [0.717, 1.165) is 5.92 Å². The van der Waals surface area contributed by atoms with Crippen molar-refractivity contribution in [3.8, 4) is 0 Å². The second-order valence-electron chi connectivity index (χ2n) is 3.52. The standard InChI is InChI=1S/C10H13.Na/c1-9(2)8-10-6-4-3-5-7-10;/h3-6,9H,8H2,1-2H3;. The van der Waals surface area contributed by atoms with Crippen LogP contribution >= 0.6 is 0 Å². The van der Waals surface area contributed by atoms with Crippen LogP contribution in [0.3, 0.4) is 0 Å². The first-order valence-corrected chi connectivity index (χ1v) is 5.24. The third kappa shape index (κ3) is 2.98. The van der Waals surface area contributed by atoms with Gasteiger partial charge in [-0.2, -0.15) is 0 Å². The molecule has 1 rings (SSSR count). The Morgan fingerprint density at radius 3 is 2.45 bits per heavy atom. The van der Waals surface area contributed by atoms with Crippen molar-refractivity contribution < 1.29 is 0 Å². The van der Waals surface area contributed by atoms with E-state index in [2.05, 4.69) is 38.1 Å². The molecule has 0 bridgehead atoms. The molecule has 54 valence electrons. The Balaban J connectivity index is 2.78. The van der Waals surface area contributed by atoms with E-state index < -0.39 is 0 Å². The van der Waals surface area contributed by atoms with Crippen molar-refractivity contribution in [3.63, 3.8) is 0 Å². The molecule has 1 aromatic rings. The van der Waals surface area contributed by atoms with Crippen molar-refractivity contribution in [2.24, 2.45) is 5.92 Å². The molecule has 1 aromatic carbocycles. The first-order valence-electron chi connectivity index (χ1n) is 4.24. The van der Waals surface area contributed by atoms with Gasteiger partial charge in [0.2, 0.25) is 0 Å². The van der Waals surface area contributed by atoms with Gasteiger partial charge in [0.05, 0.1) is 0 Å². The summed E-state index contributed by atoms with van der Waals surface area (Å²) < 4.78 is 1.56. The van der Waals surface area contributed by atoms with Gasteiger partial charge < -0.3 is 0 Å². The Bertz CT molecular complexity index is 228. The Labute approximate surface area is 86.4 Å². The molecule has 0 aromatic heterocycles. The topological polar surface area (TPSA) is 0 Å². The van der Waals surface area contributed by atoms with Crippen LogP contribution in [-0.4, -0.2) is 27.9 Å². The van der Waals surface area contributed by atoms with Gasteiger partial charge in [-0.25, -0.2) is 0 Å². The van der Waals surface area contributed by atoms with E-state index in [4.69, 9.17) is 0 Å². The van der Waals surface area contributed by atoms with E-state index in [1.54, 1.807) is 8.38 Å². The van der Waals surface area contributed by atoms with Crippen molar-refractivity contribution >= 4 is 30.7 Å². The summed E-state index contributed by atoms with van der Waals surface area (Å²) in [5.41, 5.74) is 1.55. The molecule has 0 fully saturated rings. The van der Waals surface area contributed by atoms with Crippen LogP contribution in [0.5, 0.6) is 0 Å². The molecular weight excluding hydrogens is 143 g/mol. The van der Waals surface area contributed by atoms with Crippen molar-refractivity contribution in [2.75, 3.05) is 0 Å². The zero-order valence-electron chi connectivity index (χ0n) is 7.59. The van der Waals surface area contributed by atoms with E-state index in [1.165, 1.54) is 34.4 Å². The predicted molar refractivity (Wildman–Crippen MR) is 50.4 cm³/mol. The summed E-state index contributed by atoms with van der Waals surface area (Å²) in [5.74, 6) is 0.782. The average molecular weight is 156 g/mol. The summed E-state index contributed by atoms with van der Waals surface area (Å²) in [4.78, 5) is 0. The third-order valence-electron chi connectivity index (χ3n) is 1.89. The molecule has 11 heavy (non-hydrogen) atoms. The Kier molecular flexibility index (Phi) is 3.64. The fourth-order valence-corrected chi connectivity index (χ4v) is 1.84. The molecule has 0 radical (unpaired) electrons. The third-order valence-corrected chi connectivity index (χ3v) is 2.86. The molecule has 0 nitrogen and oxygen atoms in total. The predicted octanol–water partition coefficient (Wildman–Crippen LogP) is 1.68. The van der Waals surface area contributed by atoms with Crippen molar-refractivity contribution in [3.05, 3.63) is 29.8 Å². The maximum atomic E-state index is 2.27. The van der Waals surface area contributed by atoms with Gasteiger partial charge in [-0.05, 0) is 0 Å². The van der Waals surface area contributed by atoms with Crippen molar-refractivity contribution in [2.45, 2.75) is 20.3 Å². The van der Waals surface area contributed by atoms with Gasteiger partial charge >= 0.3 is 86.8 Å². The normalized spacial score (nSPS) is 10.6. The molecular formula is C10H13Na. The Hall–Kier alpha value is 0.220. The Morgan fingerprint density at radius 1 is 1.27 bits per heavy atom. The molecule has 0 unspecified atom stereocenters. The summed E-state index contributed by atoms with van der Waals surface area (Å²) in [6.45, 7) is 4.54. The quantitative estimate of drug-likeness (QED) is 0.571. The number of hydrogen-bond acceptors (Lipinski definition) is 0. The summed E-state index contributed by atoms with van der Waals surface area (Å²) in [7, 11) is 0. The molecule has 0 aliphatic heterocycles. The molecule has 0 heterocycles. The summed E-state index contributed by atoms with van der Waals surface area (Å²) in [6.07, 6.45) is 1.24. The van der Waals surface area contributed by atoms with E-state index >= 15 is 0 Å². The van der Waals surface area contributed by atoms with Crippen LogP contribution in [-0.2, 0) is 6.42 Å². The van der Waals surface area contributed by atoms with Gasteiger partial charge in [0, 0.05) is 0 Å². The van der Waals surface area contributed by atoms with Gasteiger partial charge in [-0.15, -0.1) is 0 Å². The minimum atomic E-state index is 0.782. The molecule has 0 saturated carbocycles. The molecule has 0 spiro atoms. The molecule has 0 aliphatic rings. The van der Waals surface area contributed by atoms with E-state index in [9.17, 15) is 0 Å². The fourth-order valence-electron chi connectivity index (χ4n) is 1.28. The van der Waals surface area contributed by atoms with Gasteiger partial charge in [-0.1, -0.05) is 0 Å². The molecule has 1 heteroatoms. The molecule has 0 N–H and O–H groups in total. The molecule has 0 aliphatic carbocycles. The van der Waals surface area contributed by atoms with Crippen LogP contribution in [0.25, 0.3) is 0 Å². The van der Waals surface area contributed by atoms with Gasteiger partial charge in [0.25, 0.3) is 0 Å².